The average molecular weight is 185 g/mol. The first-order valence-electron chi connectivity index (χ1n) is 4.58. The van der Waals surface area contributed by atoms with Crippen LogP contribution in [0.3, 0.4) is 0 Å². The normalized spacial score (nSPS) is 12.1. The number of hydrogen-bond donors (Lipinski definition) is 0. The van der Waals surface area contributed by atoms with Gasteiger partial charge in [-0.1, -0.05) is 6.92 Å². The molecule has 13 heavy (non-hydrogen) atoms. The zero-order chi connectivity index (χ0) is 10.4. The van der Waals surface area contributed by atoms with Crippen molar-refractivity contribution in [3.63, 3.8) is 0 Å². The van der Waals surface area contributed by atoms with Crippen LogP contribution in [0.25, 0.3) is 0 Å². The number of rotatable bonds is 4. The van der Waals surface area contributed by atoms with Crippen molar-refractivity contribution in [2.45, 2.75) is 27.2 Å². The second-order valence-electron chi connectivity index (χ2n) is 3.04. The van der Waals surface area contributed by atoms with Gasteiger partial charge in [0.15, 0.2) is 0 Å². The first-order chi connectivity index (χ1) is 6.04. The maximum Gasteiger partial charge on any atom is 0.335 e. The lowest BCUT2D eigenvalue weighted by atomic mass is 10.2. The molecule has 0 aromatic carbocycles. The van der Waals surface area contributed by atoms with Crippen LogP contribution in [0.5, 0.6) is 0 Å². The second-order valence-corrected chi connectivity index (χ2v) is 3.04. The predicted molar refractivity (Wildman–Crippen MR) is 53.3 cm³/mol. The minimum absolute atomic E-state index is 0.215. The number of carbonyl (C=O) groups is 1. The lowest BCUT2D eigenvalue weighted by Gasteiger charge is -2.18. The first kappa shape index (κ1) is 12.0. The van der Waals surface area contributed by atoms with E-state index in [2.05, 4.69) is 0 Å². The predicted octanol–water partition coefficient (Wildman–Crippen LogP) is 1.80. The highest BCUT2D eigenvalue weighted by atomic mass is 16.5. The van der Waals surface area contributed by atoms with Gasteiger partial charge in [0, 0.05) is 19.8 Å². The summed E-state index contributed by atoms with van der Waals surface area (Å²) < 4.78 is 4.91. The van der Waals surface area contributed by atoms with E-state index in [-0.39, 0.29) is 5.97 Å². The molecule has 0 heterocycles. The Bertz CT molecular complexity index is 207. The molecule has 0 saturated carbocycles. The molecule has 0 amide bonds. The van der Waals surface area contributed by atoms with Crippen molar-refractivity contribution >= 4 is 5.97 Å². The SMILES string of the molecule is CCOC(=O)/C(C)=C(\CC)N(C)C. The van der Waals surface area contributed by atoms with Gasteiger partial charge in [-0.3, -0.25) is 0 Å². The smallest absolute Gasteiger partial charge is 0.335 e. The fourth-order valence-electron chi connectivity index (χ4n) is 1.27. The highest BCUT2D eigenvalue weighted by Crippen LogP contribution is 2.11. The van der Waals surface area contributed by atoms with Crippen molar-refractivity contribution in [3.8, 4) is 0 Å². The third kappa shape index (κ3) is 3.49. The summed E-state index contributed by atoms with van der Waals surface area (Å²) in [5, 5.41) is 0. The molecule has 0 aliphatic rings. The standard InChI is InChI=1S/C10H19NO2/c1-6-9(11(4)5)8(3)10(12)13-7-2/h6-7H2,1-5H3/b9-8+. The molecule has 0 aromatic rings. The van der Waals surface area contributed by atoms with Crippen LogP contribution in [-0.4, -0.2) is 31.6 Å². The molecule has 0 bridgehead atoms. The largest absolute Gasteiger partial charge is 0.463 e. The van der Waals surface area contributed by atoms with Gasteiger partial charge in [-0.15, -0.1) is 0 Å². The van der Waals surface area contributed by atoms with E-state index < -0.39 is 0 Å². The third-order valence-corrected chi connectivity index (χ3v) is 1.89. The van der Waals surface area contributed by atoms with Crippen molar-refractivity contribution in [1.82, 2.24) is 4.90 Å². The topological polar surface area (TPSA) is 29.5 Å². The van der Waals surface area contributed by atoms with Gasteiger partial charge in [-0.2, -0.15) is 0 Å². The van der Waals surface area contributed by atoms with Crippen LogP contribution in [0.15, 0.2) is 11.3 Å². The highest BCUT2D eigenvalue weighted by molar-refractivity contribution is 5.88. The molecule has 76 valence electrons. The fourth-order valence-corrected chi connectivity index (χ4v) is 1.27. The zero-order valence-corrected chi connectivity index (χ0v) is 9.18. The number of esters is 1. The van der Waals surface area contributed by atoms with Gasteiger partial charge in [-0.05, 0) is 20.3 Å². The van der Waals surface area contributed by atoms with Crippen molar-refractivity contribution in [3.05, 3.63) is 11.3 Å². The van der Waals surface area contributed by atoms with Gasteiger partial charge in [0.1, 0.15) is 0 Å². The minimum Gasteiger partial charge on any atom is -0.463 e. The number of ether oxygens (including phenoxy) is 1. The van der Waals surface area contributed by atoms with Crippen LogP contribution in [0, 0.1) is 0 Å². The summed E-state index contributed by atoms with van der Waals surface area (Å²) in [6, 6.07) is 0. The summed E-state index contributed by atoms with van der Waals surface area (Å²) in [7, 11) is 3.86. The summed E-state index contributed by atoms with van der Waals surface area (Å²) in [6.07, 6.45) is 0.845. The van der Waals surface area contributed by atoms with Crippen LogP contribution in [-0.2, 0) is 9.53 Å². The molecule has 0 spiro atoms. The van der Waals surface area contributed by atoms with Crippen molar-refractivity contribution in [2.75, 3.05) is 20.7 Å². The van der Waals surface area contributed by atoms with E-state index in [1.807, 2.05) is 32.8 Å². The van der Waals surface area contributed by atoms with Crippen LogP contribution >= 0.6 is 0 Å². The van der Waals surface area contributed by atoms with Crippen molar-refractivity contribution in [2.24, 2.45) is 0 Å². The maximum absolute atomic E-state index is 11.3. The van der Waals surface area contributed by atoms with Gasteiger partial charge in [0.2, 0.25) is 0 Å². The molecule has 0 radical (unpaired) electrons. The molecule has 0 aliphatic carbocycles. The van der Waals surface area contributed by atoms with Gasteiger partial charge < -0.3 is 9.64 Å². The summed E-state index contributed by atoms with van der Waals surface area (Å²) in [5.74, 6) is -0.215. The second kappa shape index (κ2) is 5.62. The van der Waals surface area contributed by atoms with Gasteiger partial charge in [0.25, 0.3) is 0 Å². The molecule has 0 rings (SSSR count). The Morgan fingerprint density at radius 3 is 2.15 bits per heavy atom. The Labute approximate surface area is 80.4 Å². The fraction of sp³-hybridized carbons (Fsp3) is 0.700. The van der Waals surface area contributed by atoms with Crippen LogP contribution in [0.2, 0.25) is 0 Å². The zero-order valence-electron chi connectivity index (χ0n) is 9.18. The average Bonchev–Trinajstić information content (AvgIpc) is 2.05. The van der Waals surface area contributed by atoms with E-state index in [0.717, 1.165) is 12.1 Å². The number of nitrogens with zero attached hydrogens (tertiary/aromatic N) is 1. The molecule has 0 unspecified atom stereocenters. The Morgan fingerprint density at radius 1 is 1.31 bits per heavy atom. The monoisotopic (exact) mass is 185 g/mol. The Morgan fingerprint density at radius 2 is 1.85 bits per heavy atom. The molecule has 0 aliphatic heterocycles. The van der Waals surface area contributed by atoms with E-state index in [9.17, 15) is 4.79 Å². The first-order valence-corrected chi connectivity index (χ1v) is 4.58. The Balaban J connectivity index is 4.64. The van der Waals surface area contributed by atoms with E-state index >= 15 is 0 Å². The third-order valence-electron chi connectivity index (χ3n) is 1.89. The van der Waals surface area contributed by atoms with E-state index in [4.69, 9.17) is 4.74 Å². The molecule has 0 aromatic heterocycles. The van der Waals surface area contributed by atoms with Crippen LogP contribution in [0.1, 0.15) is 27.2 Å². The number of allylic oxidation sites excluding steroid dienone is 1. The molecular weight excluding hydrogens is 166 g/mol. The molecule has 3 nitrogen and oxygen atoms in total. The van der Waals surface area contributed by atoms with E-state index in [0.29, 0.717) is 12.2 Å². The highest BCUT2D eigenvalue weighted by Gasteiger charge is 2.11. The number of hydrogen-bond acceptors (Lipinski definition) is 3. The summed E-state index contributed by atoms with van der Waals surface area (Å²) >= 11 is 0. The van der Waals surface area contributed by atoms with Gasteiger partial charge >= 0.3 is 5.97 Å². The summed E-state index contributed by atoms with van der Waals surface area (Å²) in [4.78, 5) is 13.3. The summed E-state index contributed by atoms with van der Waals surface area (Å²) in [6.45, 7) is 6.07. The van der Waals surface area contributed by atoms with Crippen LogP contribution < -0.4 is 0 Å². The molecule has 0 N–H and O–H groups in total. The quantitative estimate of drug-likeness (QED) is 0.494. The van der Waals surface area contributed by atoms with Gasteiger partial charge in [-0.25, -0.2) is 4.79 Å². The van der Waals surface area contributed by atoms with Crippen molar-refractivity contribution < 1.29 is 9.53 Å². The molecule has 0 saturated heterocycles. The Hall–Kier alpha value is -0.990. The number of carbonyl (C=O) groups excluding carboxylic acids is 1. The Kier molecular flexibility index (Phi) is 5.19. The summed E-state index contributed by atoms with van der Waals surface area (Å²) in [5.41, 5.74) is 1.73. The molecule has 0 fully saturated rings. The van der Waals surface area contributed by atoms with E-state index in [1.54, 1.807) is 6.92 Å². The van der Waals surface area contributed by atoms with E-state index in [1.165, 1.54) is 0 Å². The van der Waals surface area contributed by atoms with Crippen LogP contribution in [0.4, 0.5) is 0 Å². The van der Waals surface area contributed by atoms with Gasteiger partial charge in [0.05, 0.1) is 12.2 Å². The lowest BCUT2D eigenvalue weighted by Crippen LogP contribution is -2.17. The lowest BCUT2D eigenvalue weighted by molar-refractivity contribution is -0.138. The maximum atomic E-state index is 11.3. The molecule has 0 atom stereocenters. The minimum atomic E-state index is -0.215. The van der Waals surface area contributed by atoms with Crippen molar-refractivity contribution in [1.29, 1.82) is 0 Å². The molecular formula is C10H19NO2. The molecule has 3 heteroatoms.